The summed E-state index contributed by atoms with van der Waals surface area (Å²) >= 11 is 0. The largest absolute Gasteiger partial charge is 0.326 e. The van der Waals surface area contributed by atoms with Gasteiger partial charge in [-0.15, -0.1) is 0 Å². The zero-order valence-electron chi connectivity index (χ0n) is 12.6. The highest BCUT2D eigenvalue weighted by atomic mass is 16.1. The van der Waals surface area contributed by atoms with Crippen LogP contribution in [0.2, 0.25) is 0 Å². The fourth-order valence-corrected chi connectivity index (χ4v) is 2.32. The molecule has 0 aliphatic heterocycles. The molecule has 0 atom stereocenters. The Hall–Kier alpha value is -2.09. The lowest BCUT2D eigenvalue weighted by atomic mass is 10.1. The topological polar surface area (TPSA) is 29.1 Å². The van der Waals surface area contributed by atoms with E-state index in [2.05, 4.69) is 24.4 Å². The summed E-state index contributed by atoms with van der Waals surface area (Å²) in [5.41, 5.74) is 3.24. The van der Waals surface area contributed by atoms with Crippen LogP contribution < -0.4 is 5.32 Å². The number of hydrogen-bond donors (Lipinski definition) is 1. The highest BCUT2D eigenvalue weighted by Gasteiger charge is 2.03. The maximum Gasteiger partial charge on any atom is 0.228 e. The van der Waals surface area contributed by atoms with Gasteiger partial charge in [0.05, 0.1) is 6.42 Å². The van der Waals surface area contributed by atoms with Gasteiger partial charge in [-0.25, -0.2) is 0 Å². The number of nitrogens with one attached hydrogen (secondary N) is 1. The number of carbonyl (C=O) groups is 1. The number of benzene rings is 2. The van der Waals surface area contributed by atoms with Crippen molar-refractivity contribution in [1.29, 1.82) is 0 Å². The molecular formula is C19H23NO. The van der Waals surface area contributed by atoms with Crippen molar-refractivity contribution < 1.29 is 4.79 Å². The second kappa shape index (κ2) is 8.25. The molecule has 2 rings (SSSR count). The Morgan fingerprint density at radius 3 is 2.29 bits per heavy atom. The minimum absolute atomic E-state index is 0.0277. The van der Waals surface area contributed by atoms with Crippen molar-refractivity contribution in [2.75, 3.05) is 5.32 Å². The SMILES string of the molecule is CCCCCc1ccc(NC(=O)Cc2ccccc2)cc1. The van der Waals surface area contributed by atoms with Crippen LogP contribution in [0.4, 0.5) is 5.69 Å². The Kier molecular flexibility index (Phi) is 6.01. The monoisotopic (exact) mass is 281 g/mol. The summed E-state index contributed by atoms with van der Waals surface area (Å²) in [6.45, 7) is 2.21. The normalized spacial score (nSPS) is 10.3. The number of anilines is 1. The molecule has 0 spiro atoms. The van der Waals surface area contributed by atoms with E-state index in [-0.39, 0.29) is 5.91 Å². The van der Waals surface area contributed by atoms with Crippen LogP contribution in [0.5, 0.6) is 0 Å². The summed E-state index contributed by atoms with van der Waals surface area (Å²) in [4.78, 5) is 12.0. The molecule has 0 aromatic heterocycles. The number of carbonyl (C=O) groups excluding carboxylic acids is 1. The predicted molar refractivity (Wildman–Crippen MR) is 88.4 cm³/mol. The van der Waals surface area contributed by atoms with Crippen LogP contribution in [-0.4, -0.2) is 5.91 Å². The molecule has 2 nitrogen and oxygen atoms in total. The van der Waals surface area contributed by atoms with Gasteiger partial charge in [0, 0.05) is 5.69 Å². The highest BCUT2D eigenvalue weighted by molar-refractivity contribution is 5.92. The Labute approximate surface area is 127 Å². The van der Waals surface area contributed by atoms with Gasteiger partial charge in [0.25, 0.3) is 0 Å². The summed E-state index contributed by atoms with van der Waals surface area (Å²) in [5, 5.41) is 2.95. The molecule has 1 N–H and O–H groups in total. The third kappa shape index (κ3) is 5.42. The Balaban J connectivity index is 1.83. The van der Waals surface area contributed by atoms with Crippen LogP contribution in [-0.2, 0) is 17.6 Å². The molecule has 0 heterocycles. The van der Waals surface area contributed by atoms with E-state index >= 15 is 0 Å². The predicted octanol–water partition coefficient (Wildman–Crippen LogP) is 4.60. The van der Waals surface area contributed by atoms with Crippen LogP contribution in [0.25, 0.3) is 0 Å². The summed E-state index contributed by atoms with van der Waals surface area (Å²) in [6.07, 6.45) is 5.28. The molecule has 2 heteroatoms. The summed E-state index contributed by atoms with van der Waals surface area (Å²) < 4.78 is 0. The van der Waals surface area contributed by atoms with Crippen LogP contribution in [0.15, 0.2) is 54.6 Å². The van der Waals surface area contributed by atoms with Gasteiger partial charge in [-0.05, 0) is 36.1 Å². The first-order chi connectivity index (χ1) is 10.3. The first kappa shape index (κ1) is 15.3. The minimum Gasteiger partial charge on any atom is -0.326 e. The summed E-state index contributed by atoms with van der Waals surface area (Å²) in [6, 6.07) is 18.0. The minimum atomic E-state index is 0.0277. The Morgan fingerprint density at radius 2 is 1.62 bits per heavy atom. The van der Waals surface area contributed by atoms with E-state index < -0.39 is 0 Å². The molecule has 0 bridgehead atoms. The lowest BCUT2D eigenvalue weighted by Gasteiger charge is -2.07. The lowest BCUT2D eigenvalue weighted by molar-refractivity contribution is -0.115. The van der Waals surface area contributed by atoms with Crippen LogP contribution in [0.3, 0.4) is 0 Å². The van der Waals surface area contributed by atoms with Gasteiger partial charge < -0.3 is 5.32 Å². The van der Waals surface area contributed by atoms with Gasteiger partial charge in [0.15, 0.2) is 0 Å². The molecule has 0 radical (unpaired) electrons. The first-order valence-electron chi connectivity index (χ1n) is 7.70. The molecule has 0 aliphatic rings. The van der Waals surface area contributed by atoms with Crippen LogP contribution in [0.1, 0.15) is 37.3 Å². The third-order valence-electron chi connectivity index (χ3n) is 3.51. The van der Waals surface area contributed by atoms with E-state index in [1.54, 1.807) is 0 Å². The zero-order chi connectivity index (χ0) is 14.9. The fraction of sp³-hybridized carbons (Fsp3) is 0.316. The standard InChI is InChI=1S/C19H23NO/c1-2-3-5-8-16-11-13-18(14-12-16)20-19(21)15-17-9-6-4-7-10-17/h4,6-7,9-14H,2-3,5,8,15H2,1H3,(H,20,21). The van der Waals surface area contributed by atoms with Crippen molar-refractivity contribution in [3.63, 3.8) is 0 Å². The number of amides is 1. The second-order valence-electron chi connectivity index (χ2n) is 5.36. The van der Waals surface area contributed by atoms with E-state index in [1.807, 2.05) is 42.5 Å². The molecule has 2 aromatic rings. The number of rotatable bonds is 7. The maximum absolute atomic E-state index is 12.0. The van der Waals surface area contributed by atoms with Gasteiger partial charge in [-0.2, -0.15) is 0 Å². The molecule has 1 amide bonds. The summed E-state index contributed by atoms with van der Waals surface area (Å²) in [5.74, 6) is 0.0277. The average molecular weight is 281 g/mol. The molecule has 110 valence electrons. The van der Waals surface area contributed by atoms with Gasteiger partial charge >= 0.3 is 0 Å². The van der Waals surface area contributed by atoms with Gasteiger partial charge in [0.1, 0.15) is 0 Å². The van der Waals surface area contributed by atoms with Gasteiger partial charge in [0.2, 0.25) is 5.91 Å². The van der Waals surface area contributed by atoms with E-state index in [9.17, 15) is 4.79 Å². The molecule has 21 heavy (non-hydrogen) atoms. The number of aryl methyl sites for hydroxylation is 1. The van der Waals surface area contributed by atoms with Gasteiger partial charge in [-0.1, -0.05) is 62.2 Å². The average Bonchev–Trinajstić information content (AvgIpc) is 2.50. The summed E-state index contributed by atoms with van der Waals surface area (Å²) in [7, 11) is 0. The number of unbranched alkanes of at least 4 members (excludes halogenated alkanes) is 2. The van der Waals surface area contributed by atoms with E-state index in [0.717, 1.165) is 17.7 Å². The molecule has 2 aromatic carbocycles. The van der Waals surface area contributed by atoms with Crippen LogP contribution in [0, 0.1) is 0 Å². The van der Waals surface area contributed by atoms with Crippen molar-refractivity contribution in [2.24, 2.45) is 0 Å². The van der Waals surface area contributed by atoms with Crippen molar-refractivity contribution in [2.45, 2.75) is 39.0 Å². The van der Waals surface area contributed by atoms with Crippen molar-refractivity contribution in [3.05, 3.63) is 65.7 Å². The molecule has 0 saturated carbocycles. The zero-order valence-corrected chi connectivity index (χ0v) is 12.6. The third-order valence-corrected chi connectivity index (χ3v) is 3.51. The van der Waals surface area contributed by atoms with Crippen molar-refractivity contribution in [1.82, 2.24) is 0 Å². The lowest BCUT2D eigenvalue weighted by Crippen LogP contribution is -2.14. The van der Waals surface area contributed by atoms with Crippen molar-refractivity contribution in [3.8, 4) is 0 Å². The first-order valence-corrected chi connectivity index (χ1v) is 7.70. The molecular weight excluding hydrogens is 258 g/mol. The molecule has 0 saturated heterocycles. The highest BCUT2D eigenvalue weighted by Crippen LogP contribution is 2.13. The second-order valence-corrected chi connectivity index (χ2v) is 5.36. The molecule has 0 aliphatic carbocycles. The molecule has 0 fully saturated rings. The maximum atomic E-state index is 12.0. The quantitative estimate of drug-likeness (QED) is 0.738. The van der Waals surface area contributed by atoms with E-state index in [4.69, 9.17) is 0 Å². The van der Waals surface area contributed by atoms with E-state index in [1.165, 1.54) is 24.8 Å². The van der Waals surface area contributed by atoms with Gasteiger partial charge in [-0.3, -0.25) is 4.79 Å². The fourth-order valence-electron chi connectivity index (χ4n) is 2.32. The Morgan fingerprint density at radius 1 is 0.905 bits per heavy atom. The van der Waals surface area contributed by atoms with Crippen LogP contribution >= 0.6 is 0 Å². The van der Waals surface area contributed by atoms with Crippen molar-refractivity contribution >= 4 is 11.6 Å². The smallest absolute Gasteiger partial charge is 0.228 e. The van der Waals surface area contributed by atoms with E-state index in [0.29, 0.717) is 6.42 Å². The Bertz CT molecular complexity index is 546. The molecule has 0 unspecified atom stereocenters. The number of hydrogen-bond acceptors (Lipinski definition) is 1.